The Hall–Kier alpha value is -1.94. The van der Waals surface area contributed by atoms with Crippen molar-refractivity contribution in [2.75, 3.05) is 5.88 Å². The molecule has 0 radical (unpaired) electrons. The van der Waals surface area contributed by atoms with Crippen LogP contribution in [0.15, 0.2) is 59.0 Å². The van der Waals surface area contributed by atoms with E-state index in [0.717, 1.165) is 22.8 Å². The molecule has 0 amide bonds. The van der Waals surface area contributed by atoms with Gasteiger partial charge >= 0.3 is 0 Å². The van der Waals surface area contributed by atoms with Crippen molar-refractivity contribution in [3.63, 3.8) is 0 Å². The van der Waals surface area contributed by atoms with Crippen LogP contribution in [0, 0.1) is 0 Å². The van der Waals surface area contributed by atoms with Crippen LogP contribution in [0.2, 0.25) is 0 Å². The Labute approximate surface area is 110 Å². The molecular formula is C14H12N2OS. The maximum Gasteiger partial charge on any atom is 0.163 e. The number of benzene rings is 2. The lowest BCUT2D eigenvalue weighted by atomic mass is 10.1. The van der Waals surface area contributed by atoms with Gasteiger partial charge in [-0.05, 0) is 11.6 Å². The largest absolute Gasteiger partial charge is 0.377 e. The second kappa shape index (κ2) is 5.14. The Bertz CT molecular complexity index is 557. The van der Waals surface area contributed by atoms with Crippen molar-refractivity contribution in [3.8, 4) is 16.9 Å². The van der Waals surface area contributed by atoms with E-state index in [0.29, 0.717) is 0 Å². The Morgan fingerprint density at radius 1 is 1.00 bits per heavy atom. The zero-order chi connectivity index (χ0) is 12.2. The highest BCUT2D eigenvalue weighted by molar-refractivity contribution is 7.98. The molecule has 0 aliphatic carbocycles. The summed E-state index contributed by atoms with van der Waals surface area (Å²) >= 11 is 1.47. The SMILES string of the molecule is C1=NSCN1Oc1ccccc1-c1ccccc1. The quantitative estimate of drug-likeness (QED) is 0.784. The smallest absolute Gasteiger partial charge is 0.163 e. The zero-order valence-electron chi connectivity index (χ0n) is 9.69. The third-order valence-electron chi connectivity index (χ3n) is 2.62. The van der Waals surface area contributed by atoms with Crippen molar-refractivity contribution in [2.45, 2.75) is 0 Å². The second-order valence-electron chi connectivity index (χ2n) is 3.85. The lowest BCUT2D eigenvalue weighted by molar-refractivity contribution is 0.0504. The van der Waals surface area contributed by atoms with Crippen LogP contribution in [-0.2, 0) is 0 Å². The molecule has 0 saturated heterocycles. The van der Waals surface area contributed by atoms with Gasteiger partial charge < -0.3 is 4.84 Å². The van der Waals surface area contributed by atoms with Crippen LogP contribution in [0.25, 0.3) is 11.1 Å². The van der Waals surface area contributed by atoms with Crippen LogP contribution in [0.4, 0.5) is 0 Å². The van der Waals surface area contributed by atoms with E-state index < -0.39 is 0 Å². The molecule has 0 unspecified atom stereocenters. The van der Waals surface area contributed by atoms with Crippen molar-refractivity contribution in [1.82, 2.24) is 5.06 Å². The first-order valence-electron chi connectivity index (χ1n) is 5.68. The molecule has 3 rings (SSSR count). The molecule has 0 bridgehead atoms. The molecule has 0 atom stereocenters. The fraction of sp³-hybridized carbons (Fsp3) is 0.0714. The average molecular weight is 256 g/mol. The molecule has 0 spiro atoms. The highest BCUT2D eigenvalue weighted by Crippen LogP contribution is 2.30. The molecule has 4 heteroatoms. The number of hydrogen-bond donors (Lipinski definition) is 0. The summed E-state index contributed by atoms with van der Waals surface area (Å²) < 4.78 is 4.06. The summed E-state index contributed by atoms with van der Waals surface area (Å²) in [6, 6.07) is 18.2. The van der Waals surface area contributed by atoms with Gasteiger partial charge in [0, 0.05) is 17.5 Å². The molecule has 2 aromatic carbocycles. The zero-order valence-corrected chi connectivity index (χ0v) is 10.5. The van der Waals surface area contributed by atoms with Crippen molar-refractivity contribution in [3.05, 3.63) is 54.6 Å². The molecule has 90 valence electrons. The first-order chi connectivity index (χ1) is 8.93. The monoisotopic (exact) mass is 256 g/mol. The van der Waals surface area contributed by atoms with E-state index in [9.17, 15) is 0 Å². The van der Waals surface area contributed by atoms with Gasteiger partial charge in [0.1, 0.15) is 12.2 Å². The lowest BCUT2D eigenvalue weighted by Gasteiger charge is -2.16. The second-order valence-corrected chi connectivity index (χ2v) is 4.58. The van der Waals surface area contributed by atoms with Crippen LogP contribution in [-0.4, -0.2) is 17.3 Å². The number of hydroxylamine groups is 2. The van der Waals surface area contributed by atoms with Gasteiger partial charge in [0.15, 0.2) is 5.75 Å². The van der Waals surface area contributed by atoms with Gasteiger partial charge in [0.2, 0.25) is 0 Å². The third kappa shape index (κ3) is 2.33. The Kier molecular flexibility index (Phi) is 3.19. The van der Waals surface area contributed by atoms with E-state index in [-0.39, 0.29) is 0 Å². The minimum Gasteiger partial charge on any atom is -0.377 e. The van der Waals surface area contributed by atoms with Gasteiger partial charge in [0.05, 0.1) is 0 Å². The maximum absolute atomic E-state index is 5.82. The molecule has 3 nitrogen and oxygen atoms in total. The fourth-order valence-electron chi connectivity index (χ4n) is 1.79. The topological polar surface area (TPSA) is 24.8 Å². The van der Waals surface area contributed by atoms with Crippen molar-refractivity contribution in [2.24, 2.45) is 4.40 Å². The van der Waals surface area contributed by atoms with Gasteiger partial charge in [-0.1, -0.05) is 48.5 Å². The molecule has 2 aromatic rings. The average Bonchev–Trinajstić information content (AvgIpc) is 2.93. The standard InChI is InChI=1S/C14H12N2OS/c1-2-6-12(7-3-1)13-8-4-5-9-14(13)17-16-10-15-18-11-16/h1-10H,11H2. The van der Waals surface area contributed by atoms with Gasteiger partial charge in [-0.3, -0.25) is 0 Å². The van der Waals surface area contributed by atoms with Crippen molar-refractivity contribution >= 4 is 18.3 Å². The molecular weight excluding hydrogens is 244 g/mol. The molecule has 1 aliphatic rings. The molecule has 0 aromatic heterocycles. The highest BCUT2D eigenvalue weighted by atomic mass is 32.2. The molecule has 18 heavy (non-hydrogen) atoms. The third-order valence-corrected chi connectivity index (χ3v) is 3.24. The van der Waals surface area contributed by atoms with Crippen LogP contribution in [0.5, 0.6) is 5.75 Å². The van der Waals surface area contributed by atoms with E-state index in [1.165, 1.54) is 11.9 Å². The summed E-state index contributed by atoms with van der Waals surface area (Å²) in [5, 5.41) is 1.73. The number of nitrogens with zero attached hydrogens (tertiary/aromatic N) is 2. The molecule has 1 heterocycles. The molecule has 0 fully saturated rings. The fourth-order valence-corrected chi connectivity index (χ4v) is 2.26. The summed E-state index contributed by atoms with van der Waals surface area (Å²) in [5.41, 5.74) is 2.24. The number of para-hydroxylation sites is 1. The number of rotatable bonds is 3. The van der Waals surface area contributed by atoms with Gasteiger partial charge in [-0.15, -0.1) is 0 Å². The summed E-state index contributed by atoms with van der Waals surface area (Å²) in [7, 11) is 0. The predicted molar refractivity (Wildman–Crippen MR) is 75.3 cm³/mol. The van der Waals surface area contributed by atoms with E-state index in [1.807, 2.05) is 36.4 Å². The van der Waals surface area contributed by atoms with Crippen LogP contribution in [0.1, 0.15) is 0 Å². The van der Waals surface area contributed by atoms with Crippen LogP contribution < -0.4 is 4.84 Å². The minimum atomic E-state index is 0.725. The normalized spacial score (nSPS) is 13.9. The lowest BCUT2D eigenvalue weighted by Crippen LogP contribution is -2.22. The predicted octanol–water partition coefficient (Wildman–Crippen LogP) is 3.60. The molecule has 0 saturated carbocycles. The Balaban J connectivity index is 1.92. The van der Waals surface area contributed by atoms with Crippen LogP contribution in [0.3, 0.4) is 0 Å². The van der Waals surface area contributed by atoms with E-state index in [1.54, 1.807) is 11.4 Å². The van der Waals surface area contributed by atoms with Crippen molar-refractivity contribution in [1.29, 1.82) is 0 Å². The Morgan fingerprint density at radius 3 is 2.56 bits per heavy atom. The maximum atomic E-state index is 5.82. The van der Waals surface area contributed by atoms with Crippen LogP contribution >= 0.6 is 11.9 Å². The Morgan fingerprint density at radius 2 is 1.78 bits per heavy atom. The summed E-state index contributed by atoms with van der Waals surface area (Å²) in [6.07, 6.45) is 1.70. The summed E-state index contributed by atoms with van der Waals surface area (Å²) in [6.45, 7) is 0. The molecule has 1 aliphatic heterocycles. The minimum absolute atomic E-state index is 0.725. The van der Waals surface area contributed by atoms with Gasteiger partial charge in [0.25, 0.3) is 0 Å². The summed E-state index contributed by atoms with van der Waals surface area (Å²) in [4.78, 5) is 5.82. The first-order valence-corrected chi connectivity index (χ1v) is 6.62. The van der Waals surface area contributed by atoms with E-state index in [4.69, 9.17) is 4.84 Å². The van der Waals surface area contributed by atoms with Gasteiger partial charge in [-0.2, -0.15) is 5.06 Å². The molecule has 0 N–H and O–H groups in total. The van der Waals surface area contributed by atoms with E-state index >= 15 is 0 Å². The highest BCUT2D eigenvalue weighted by Gasteiger charge is 2.11. The van der Waals surface area contributed by atoms with Gasteiger partial charge in [-0.25, -0.2) is 4.40 Å². The first kappa shape index (κ1) is 11.2. The van der Waals surface area contributed by atoms with Crippen molar-refractivity contribution < 1.29 is 4.84 Å². The van der Waals surface area contributed by atoms with E-state index in [2.05, 4.69) is 22.6 Å². The summed E-state index contributed by atoms with van der Waals surface area (Å²) in [5.74, 6) is 1.57. The number of hydrogen-bond acceptors (Lipinski definition) is 4.